The average molecular weight is 340 g/mol. The Labute approximate surface area is 149 Å². The van der Waals surface area contributed by atoms with Gasteiger partial charge in [-0.15, -0.1) is 0 Å². The molecule has 26 heavy (non-hydrogen) atoms. The largest absolute Gasteiger partial charge is 0.492 e. The minimum absolute atomic E-state index is 0.179. The second kappa shape index (κ2) is 6.49. The summed E-state index contributed by atoms with van der Waals surface area (Å²) < 4.78 is 5.78. The van der Waals surface area contributed by atoms with Crippen LogP contribution in [0.4, 0.5) is 0 Å². The van der Waals surface area contributed by atoms with Gasteiger partial charge in [-0.05, 0) is 42.5 Å². The summed E-state index contributed by atoms with van der Waals surface area (Å²) in [5, 5.41) is 19.3. The molecule has 0 saturated carbocycles. The fraction of sp³-hybridized carbons (Fsp3) is 0. The molecule has 0 aliphatic heterocycles. The summed E-state index contributed by atoms with van der Waals surface area (Å²) >= 11 is 0. The van der Waals surface area contributed by atoms with Gasteiger partial charge in [0.15, 0.2) is 5.52 Å². The van der Waals surface area contributed by atoms with Crippen molar-refractivity contribution in [3.8, 4) is 34.7 Å². The van der Waals surface area contributed by atoms with E-state index in [2.05, 4.69) is 21.0 Å². The monoisotopic (exact) mass is 340 g/mol. The zero-order valence-corrected chi connectivity index (χ0v) is 13.5. The molecular weight excluding hydrogens is 328 g/mol. The number of benzene rings is 2. The molecular formula is C20H12N4O2. The van der Waals surface area contributed by atoms with Gasteiger partial charge in [-0.2, -0.15) is 5.26 Å². The van der Waals surface area contributed by atoms with Crippen molar-refractivity contribution in [3.63, 3.8) is 0 Å². The molecule has 0 aliphatic rings. The summed E-state index contributed by atoms with van der Waals surface area (Å²) in [5.41, 5.74) is 2.58. The van der Waals surface area contributed by atoms with Crippen molar-refractivity contribution >= 4 is 11.0 Å². The van der Waals surface area contributed by atoms with Crippen molar-refractivity contribution in [2.75, 3.05) is 0 Å². The average Bonchev–Trinajstić information content (AvgIpc) is 2.69. The Kier molecular flexibility index (Phi) is 3.88. The lowest BCUT2D eigenvalue weighted by molar-refractivity contribution is 0.458. The number of para-hydroxylation sites is 1. The van der Waals surface area contributed by atoms with Gasteiger partial charge in [0.25, 0.3) is 0 Å². The molecule has 0 aliphatic carbocycles. The highest BCUT2D eigenvalue weighted by atomic mass is 16.5. The van der Waals surface area contributed by atoms with Crippen LogP contribution in [0.25, 0.3) is 22.3 Å². The van der Waals surface area contributed by atoms with Crippen LogP contribution in [0.1, 0.15) is 5.56 Å². The quantitative estimate of drug-likeness (QED) is 0.604. The van der Waals surface area contributed by atoms with Gasteiger partial charge in [-0.1, -0.05) is 18.2 Å². The van der Waals surface area contributed by atoms with Gasteiger partial charge in [-0.25, -0.2) is 15.0 Å². The molecule has 124 valence electrons. The summed E-state index contributed by atoms with van der Waals surface area (Å²) in [7, 11) is 0. The summed E-state index contributed by atoms with van der Waals surface area (Å²) in [6.45, 7) is 0. The fourth-order valence-corrected chi connectivity index (χ4v) is 2.57. The minimum Gasteiger partial charge on any atom is -0.492 e. The molecule has 2 heterocycles. The number of hydrogen-bond donors (Lipinski definition) is 1. The first-order valence-corrected chi connectivity index (χ1v) is 7.83. The van der Waals surface area contributed by atoms with Crippen LogP contribution < -0.4 is 4.74 Å². The maximum Gasteiger partial charge on any atom is 0.241 e. The number of ether oxygens (including phenoxy) is 1. The lowest BCUT2D eigenvalue weighted by atomic mass is 10.1. The number of fused-ring (bicyclic) bond motifs is 1. The lowest BCUT2D eigenvalue weighted by Gasteiger charge is -2.09. The third-order valence-electron chi connectivity index (χ3n) is 3.83. The summed E-state index contributed by atoms with van der Waals surface area (Å²) in [6, 6.07) is 20.2. The number of nitrogens with zero attached hydrogens (tertiary/aromatic N) is 4. The van der Waals surface area contributed by atoms with E-state index in [4.69, 9.17) is 4.74 Å². The molecule has 2 aromatic carbocycles. The smallest absolute Gasteiger partial charge is 0.241 e. The van der Waals surface area contributed by atoms with Crippen molar-refractivity contribution in [1.29, 1.82) is 5.26 Å². The summed E-state index contributed by atoms with van der Waals surface area (Å²) in [6.07, 6.45) is 1.28. The van der Waals surface area contributed by atoms with Gasteiger partial charge in [-0.3, -0.25) is 0 Å². The second-order valence-electron chi connectivity index (χ2n) is 5.50. The zero-order chi connectivity index (χ0) is 17.9. The number of rotatable bonds is 3. The molecule has 0 saturated heterocycles. The van der Waals surface area contributed by atoms with Crippen LogP contribution in [0, 0.1) is 11.3 Å². The van der Waals surface area contributed by atoms with Gasteiger partial charge < -0.3 is 9.84 Å². The Bertz CT molecular complexity index is 1140. The van der Waals surface area contributed by atoms with E-state index >= 15 is 0 Å². The van der Waals surface area contributed by atoms with Crippen LogP contribution in [0.3, 0.4) is 0 Å². The first-order chi connectivity index (χ1) is 12.7. The first kappa shape index (κ1) is 15.5. The molecule has 6 nitrogen and oxygen atoms in total. The Morgan fingerprint density at radius 2 is 1.81 bits per heavy atom. The van der Waals surface area contributed by atoms with Crippen molar-refractivity contribution in [2.24, 2.45) is 0 Å². The molecule has 4 aromatic rings. The van der Waals surface area contributed by atoms with Crippen LogP contribution >= 0.6 is 0 Å². The SMILES string of the molecule is N#Cc1cc(-c2ccc3ncnc(O)c3n2)ccc1Oc1ccccc1. The van der Waals surface area contributed by atoms with Crippen LogP contribution in [0.5, 0.6) is 17.4 Å². The first-order valence-electron chi connectivity index (χ1n) is 7.83. The normalized spacial score (nSPS) is 10.4. The highest BCUT2D eigenvalue weighted by molar-refractivity contribution is 5.81. The van der Waals surface area contributed by atoms with Gasteiger partial charge >= 0.3 is 0 Å². The maximum atomic E-state index is 9.87. The van der Waals surface area contributed by atoms with E-state index in [1.165, 1.54) is 6.33 Å². The Hall–Kier alpha value is -3.98. The molecule has 2 aromatic heterocycles. The Morgan fingerprint density at radius 3 is 2.62 bits per heavy atom. The number of hydrogen-bond acceptors (Lipinski definition) is 6. The predicted molar refractivity (Wildman–Crippen MR) is 95.7 cm³/mol. The van der Waals surface area contributed by atoms with Gasteiger partial charge in [0.2, 0.25) is 5.88 Å². The molecule has 0 unspecified atom stereocenters. The van der Waals surface area contributed by atoms with E-state index in [0.29, 0.717) is 33.8 Å². The number of nitriles is 1. The van der Waals surface area contributed by atoms with E-state index in [-0.39, 0.29) is 5.88 Å². The molecule has 4 rings (SSSR count). The van der Waals surface area contributed by atoms with E-state index < -0.39 is 0 Å². The number of pyridine rings is 1. The maximum absolute atomic E-state index is 9.87. The topological polar surface area (TPSA) is 91.9 Å². The molecule has 0 fully saturated rings. The van der Waals surface area contributed by atoms with E-state index in [1.807, 2.05) is 36.4 Å². The third-order valence-corrected chi connectivity index (χ3v) is 3.83. The van der Waals surface area contributed by atoms with Crippen LogP contribution in [0.15, 0.2) is 67.0 Å². The molecule has 0 bridgehead atoms. The van der Waals surface area contributed by atoms with Crippen LogP contribution in [-0.2, 0) is 0 Å². The van der Waals surface area contributed by atoms with Crippen molar-refractivity contribution in [3.05, 3.63) is 72.6 Å². The molecule has 6 heteroatoms. The fourth-order valence-electron chi connectivity index (χ4n) is 2.57. The molecule has 0 amide bonds. The Morgan fingerprint density at radius 1 is 0.962 bits per heavy atom. The van der Waals surface area contributed by atoms with Gasteiger partial charge in [0.05, 0.1) is 16.8 Å². The van der Waals surface area contributed by atoms with Crippen LogP contribution in [0.2, 0.25) is 0 Å². The standard InChI is InChI=1S/C20H12N4O2/c21-11-14-10-13(6-9-18(14)26-15-4-2-1-3-5-15)16-7-8-17-19(24-16)20(25)23-12-22-17/h1-10,12H,(H,22,23,25). The zero-order valence-electron chi connectivity index (χ0n) is 13.5. The van der Waals surface area contributed by atoms with Crippen molar-refractivity contribution in [2.45, 2.75) is 0 Å². The third kappa shape index (κ3) is 2.89. The van der Waals surface area contributed by atoms with Crippen LogP contribution in [-0.4, -0.2) is 20.1 Å². The van der Waals surface area contributed by atoms with E-state index in [1.54, 1.807) is 24.3 Å². The number of aromatic nitrogens is 3. The van der Waals surface area contributed by atoms with Crippen molar-refractivity contribution < 1.29 is 9.84 Å². The lowest BCUT2D eigenvalue weighted by Crippen LogP contribution is -1.92. The second-order valence-corrected chi connectivity index (χ2v) is 5.50. The van der Waals surface area contributed by atoms with Gasteiger partial charge in [0, 0.05) is 5.56 Å². The van der Waals surface area contributed by atoms with E-state index in [0.717, 1.165) is 5.56 Å². The molecule has 1 N–H and O–H groups in total. The molecule has 0 spiro atoms. The van der Waals surface area contributed by atoms with Crippen molar-refractivity contribution in [1.82, 2.24) is 15.0 Å². The highest BCUT2D eigenvalue weighted by Crippen LogP contribution is 2.30. The predicted octanol–water partition coefficient (Wildman–Crippen LogP) is 4.06. The van der Waals surface area contributed by atoms with E-state index in [9.17, 15) is 10.4 Å². The molecule has 0 radical (unpaired) electrons. The highest BCUT2D eigenvalue weighted by Gasteiger charge is 2.10. The van der Waals surface area contributed by atoms with Gasteiger partial charge in [0.1, 0.15) is 23.9 Å². The number of aromatic hydroxyl groups is 1. The summed E-state index contributed by atoms with van der Waals surface area (Å²) in [4.78, 5) is 12.2. The Balaban J connectivity index is 1.74. The summed E-state index contributed by atoms with van der Waals surface area (Å²) in [5.74, 6) is 0.943. The molecule has 0 atom stereocenters. The minimum atomic E-state index is -0.179.